The quantitative estimate of drug-likeness (QED) is 0.646. The number of rotatable bonds is 4. The molecule has 0 bridgehead atoms. The first-order chi connectivity index (χ1) is 13.5. The Hall–Kier alpha value is -2.59. The number of nitrogens with one attached hydrogen (secondary N) is 1. The van der Waals surface area contributed by atoms with Gasteiger partial charge in [0.15, 0.2) is 0 Å². The molecule has 3 aromatic rings. The summed E-state index contributed by atoms with van der Waals surface area (Å²) >= 11 is 1.13. The van der Waals surface area contributed by atoms with E-state index in [0.717, 1.165) is 24.4 Å². The van der Waals surface area contributed by atoms with Crippen LogP contribution in [-0.4, -0.2) is 34.6 Å². The van der Waals surface area contributed by atoms with E-state index in [9.17, 15) is 18.9 Å². The number of pyridine rings is 1. The third kappa shape index (κ3) is 2.37. The van der Waals surface area contributed by atoms with E-state index in [2.05, 4.69) is 9.55 Å². The molecule has 1 saturated carbocycles. The van der Waals surface area contributed by atoms with Crippen molar-refractivity contribution in [1.82, 2.24) is 8.94 Å². The summed E-state index contributed by atoms with van der Waals surface area (Å²) in [4.78, 5) is 39.0. The van der Waals surface area contributed by atoms with E-state index in [1.54, 1.807) is 11.0 Å². The number of H-pyrrole nitrogens is 1. The number of nitrogens with zero attached hydrogens (tertiary/aromatic N) is 3. The molecule has 1 aliphatic carbocycles. The van der Waals surface area contributed by atoms with Crippen molar-refractivity contribution in [3.8, 4) is 0 Å². The highest BCUT2D eigenvalue weighted by atomic mass is 32.1. The molecule has 3 N–H and O–H groups in total. The molecule has 0 radical (unpaired) electrons. The minimum atomic E-state index is -0.557. The SMILES string of the molecule is NCC1CN(c2c(F)ccc3c2c(=O)c2c(=O)[nH]sc2n3C2CC2)CC1N=O. The van der Waals surface area contributed by atoms with Crippen molar-refractivity contribution in [2.45, 2.75) is 24.9 Å². The summed E-state index contributed by atoms with van der Waals surface area (Å²) in [6.45, 7) is 0.784. The van der Waals surface area contributed by atoms with E-state index >= 15 is 0 Å². The van der Waals surface area contributed by atoms with E-state index in [1.807, 2.05) is 4.57 Å². The van der Waals surface area contributed by atoms with E-state index in [1.165, 1.54) is 6.07 Å². The lowest BCUT2D eigenvalue weighted by Crippen LogP contribution is -2.26. The van der Waals surface area contributed by atoms with Crippen LogP contribution in [0.15, 0.2) is 26.9 Å². The van der Waals surface area contributed by atoms with E-state index < -0.39 is 22.8 Å². The van der Waals surface area contributed by atoms with Crippen LogP contribution in [0.4, 0.5) is 10.1 Å². The first kappa shape index (κ1) is 17.5. The Morgan fingerprint density at radius 2 is 2.04 bits per heavy atom. The Kier molecular flexibility index (Phi) is 3.88. The Bertz CT molecular complexity index is 1230. The van der Waals surface area contributed by atoms with Crippen molar-refractivity contribution in [2.75, 3.05) is 24.5 Å². The summed E-state index contributed by atoms with van der Waals surface area (Å²) in [5.41, 5.74) is 5.55. The van der Waals surface area contributed by atoms with Gasteiger partial charge in [0.25, 0.3) is 5.56 Å². The van der Waals surface area contributed by atoms with Crippen LogP contribution in [0.25, 0.3) is 21.1 Å². The van der Waals surface area contributed by atoms with Crippen LogP contribution in [-0.2, 0) is 0 Å². The van der Waals surface area contributed by atoms with Crippen molar-refractivity contribution in [3.63, 3.8) is 0 Å². The molecule has 2 aliphatic rings. The highest BCUT2D eigenvalue weighted by molar-refractivity contribution is 7.12. The predicted molar refractivity (Wildman–Crippen MR) is 107 cm³/mol. The van der Waals surface area contributed by atoms with Gasteiger partial charge in [-0.1, -0.05) is 5.18 Å². The fraction of sp³-hybridized carbons (Fsp3) is 0.444. The average Bonchev–Trinajstić information content (AvgIpc) is 3.32. The smallest absolute Gasteiger partial charge is 0.271 e. The van der Waals surface area contributed by atoms with Crippen LogP contribution in [0.3, 0.4) is 0 Å². The normalized spacial score (nSPS) is 22.4. The molecule has 5 rings (SSSR count). The number of hydrogen-bond donors (Lipinski definition) is 2. The lowest BCUT2D eigenvalue weighted by atomic mass is 10.1. The summed E-state index contributed by atoms with van der Waals surface area (Å²) in [6.07, 6.45) is 1.89. The summed E-state index contributed by atoms with van der Waals surface area (Å²) in [5.74, 6) is -0.758. The number of fused-ring (bicyclic) bond motifs is 2. The van der Waals surface area contributed by atoms with Gasteiger partial charge < -0.3 is 15.2 Å². The molecule has 146 valence electrons. The van der Waals surface area contributed by atoms with Crippen molar-refractivity contribution in [3.05, 3.63) is 43.4 Å². The molecule has 0 spiro atoms. The van der Waals surface area contributed by atoms with Crippen molar-refractivity contribution < 1.29 is 4.39 Å². The highest BCUT2D eigenvalue weighted by Gasteiger charge is 2.36. The van der Waals surface area contributed by atoms with Gasteiger partial charge in [0.2, 0.25) is 5.43 Å². The second-order valence-corrected chi connectivity index (χ2v) is 8.30. The second kappa shape index (κ2) is 6.21. The molecule has 1 aliphatic heterocycles. The molecule has 28 heavy (non-hydrogen) atoms. The summed E-state index contributed by atoms with van der Waals surface area (Å²) in [5, 5.41) is 3.38. The van der Waals surface area contributed by atoms with Gasteiger partial charge in [-0.25, -0.2) is 4.39 Å². The maximum atomic E-state index is 15.0. The van der Waals surface area contributed by atoms with Crippen LogP contribution < -0.4 is 21.6 Å². The molecule has 3 heterocycles. The minimum Gasteiger partial charge on any atom is -0.366 e. The Morgan fingerprint density at radius 3 is 2.68 bits per heavy atom. The molecule has 0 amide bonds. The number of aromatic nitrogens is 2. The van der Waals surface area contributed by atoms with Gasteiger partial charge in [-0.2, -0.15) is 4.91 Å². The first-order valence-corrected chi connectivity index (χ1v) is 10.0. The van der Waals surface area contributed by atoms with Crippen LogP contribution in [0.5, 0.6) is 0 Å². The van der Waals surface area contributed by atoms with Gasteiger partial charge in [-0.15, -0.1) is 0 Å². The Balaban J connectivity index is 1.84. The topological polar surface area (TPSA) is 114 Å². The first-order valence-electron chi connectivity index (χ1n) is 9.20. The Labute approximate surface area is 161 Å². The highest BCUT2D eigenvalue weighted by Crippen LogP contribution is 2.42. The third-order valence-corrected chi connectivity index (χ3v) is 6.68. The molecule has 1 aromatic carbocycles. The molecule has 2 aromatic heterocycles. The number of benzene rings is 1. The zero-order valence-corrected chi connectivity index (χ0v) is 15.7. The zero-order valence-electron chi connectivity index (χ0n) is 14.9. The minimum absolute atomic E-state index is 0.0656. The number of halogens is 1. The number of hydrogen-bond acceptors (Lipinski definition) is 7. The van der Waals surface area contributed by atoms with Gasteiger partial charge in [0.05, 0.1) is 16.6 Å². The van der Waals surface area contributed by atoms with Crippen LogP contribution in [0, 0.1) is 16.6 Å². The molecule has 10 heteroatoms. The number of anilines is 1. The maximum absolute atomic E-state index is 15.0. The fourth-order valence-corrected chi connectivity index (χ4v) is 5.19. The molecule has 2 atom stereocenters. The summed E-state index contributed by atoms with van der Waals surface area (Å²) in [6, 6.07) is 2.58. The van der Waals surface area contributed by atoms with Gasteiger partial charge in [0.1, 0.15) is 22.1 Å². The lowest BCUT2D eigenvalue weighted by molar-refractivity contribution is 0.526. The van der Waals surface area contributed by atoms with Gasteiger partial charge in [-0.05, 0) is 43.1 Å². The molecule has 1 saturated heterocycles. The van der Waals surface area contributed by atoms with Crippen molar-refractivity contribution in [1.29, 1.82) is 0 Å². The second-order valence-electron chi connectivity index (χ2n) is 7.51. The van der Waals surface area contributed by atoms with Gasteiger partial charge >= 0.3 is 0 Å². The number of nitroso groups, excluding NO2 is 1. The van der Waals surface area contributed by atoms with Crippen LogP contribution in [0.2, 0.25) is 0 Å². The largest absolute Gasteiger partial charge is 0.366 e. The van der Waals surface area contributed by atoms with E-state index in [0.29, 0.717) is 16.9 Å². The van der Waals surface area contributed by atoms with Gasteiger partial charge in [0, 0.05) is 25.0 Å². The predicted octanol–water partition coefficient (Wildman–Crippen LogP) is 1.91. The molecule has 2 unspecified atom stereocenters. The van der Waals surface area contributed by atoms with Crippen molar-refractivity contribution >= 4 is 38.3 Å². The maximum Gasteiger partial charge on any atom is 0.271 e. The number of aromatic amines is 1. The van der Waals surface area contributed by atoms with Crippen molar-refractivity contribution in [2.24, 2.45) is 16.8 Å². The molecular formula is C18H18FN5O3S. The molecular weight excluding hydrogens is 385 g/mol. The zero-order chi connectivity index (χ0) is 19.6. The van der Waals surface area contributed by atoms with Crippen LogP contribution in [0.1, 0.15) is 18.9 Å². The molecule has 2 fully saturated rings. The van der Waals surface area contributed by atoms with Crippen LogP contribution >= 0.6 is 11.5 Å². The summed E-state index contributed by atoms with van der Waals surface area (Å²) < 4.78 is 19.6. The number of nitrogens with two attached hydrogens (primary N) is 1. The van der Waals surface area contributed by atoms with Gasteiger partial charge in [-0.3, -0.25) is 14.0 Å². The lowest BCUT2D eigenvalue weighted by Gasteiger charge is -2.22. The fourth-order valence-electron chi connectivity index (χ4n) is 4.27. The summed E-state index contributed by atoms with van der Waals surface area (Å²) in [7, 11) is 0. The van der Waals surface area contributed by atoms with E-state index in [4.69, 9.17) is 5.73 Å². The third-order valence-electron chi connectivity index (χ3n) is 5.79. The van der Waals surface area contributed by atoms with E-state index in [-0.39, 0.29) is 41.5 Å². The Morgan fingerprint density at radius 1 is 1.25 bits per heavy atom. The monoisotopic (exact) mass is 403 g/mol. The average molecular weight is 403 g/mol. The standard InChI is InChI=1S/C18H18FN5O3S/c19-10-3-4-12-13(15(10)23-6-8(5-20)11(7-23)21-27)16(25)14-17(26)22-28-18(14)24(12)9-1-2-9/h3-4,8-9,11H,1-2,5-7,20H2,(H,22,26). The molecule has 8 nitrogen and oxygen atoms in total.